The summed E-state index contributed by atoms with van der Waals surface area (Å²) in [6.07, 6.45) is 0.178. The average Bonchev–Trinajstić information content (AvgIpc) is 2.37. The molecule has 106 valence electrons. The number of aliphatic carboxylic acids is 1. The van der Waals surface area contributed by atoms with Crippen molar-refractivity contribution in [2.75, 3.05) is 26.2 Å². The van der Waals surface area contributed by atoms with E-state index in [4.69, 9.17) is 21.4 Å². The van der Waals surface area contributed by atoms with E-state index < -0.39 is 5.97 Å². The Labute approximate surface area is 123 Å². The molecular weight excluding hydrogens is 289 g/mol. The van der Waals surface area contributed by atoms with Gasteiger partial charge in [-0.25, -0.2) is 0 Å². The number of carbonyl (C=O) groups is 1. The molecule has 1 aliphatic heterocycles. The highest BCUT2D eigenvalue weighted by Crippen LogP contribution is 2.23. The third-order valence-corrected chi connectivity index (χ3v) is 3.29. The maximum absolute atomic E-state index is 10.6. The fourth-order valence-electron chi connectivity index (χ4n) is 2.04. The molecule has 0 aliphatic carbocycles. The van der Waals surface area contributed by atoms with Gasteiger partial charge in [0.15, 0.2) is 0 Å². The van der Waals surface area contributed by atoms with Gasteiger partial charge >= 0.3 is 5.97 Å². The molecule has 1 unspecified atom stereocenters. The van der Waals surface area contributed by atoms with Gasteiger partial charge in [0.05, 0.1) is 19.1 Å². The van der Waals surface area contributed by atoms with E-state index >= 15 is 0 Å². The van der Waals surface area contributed by atoms with Crippen LogP contribution in [0.2, 0.25) is 5.02 Å². The van der Waals surface area contributed by atoms with E-state index in [1.165, 1.54) is 0 Å². The van der Waals surface area contributed by atoms with Crippen LogP contribution in [0.4, 0.5) is 0 Å². The Morgan fingerprint density at radius 1 is 1.42 bits per heavy atom. The van der Waals surface area contributed by atoms with Crippen LogP contribution in [-0.4, -0.2) is 42.2 Å². The predicted octanol–water partition coefficient (Wildman–Crippen LogP) is 2.61. The fourth-order valence-corrected chi connectivity index (χ4v) is 2.16. The number of halogens is 2. The van der Waals surface area contributed by atoms with Crippen molar-refractivity contribution in [1.29, 1.82) is 0 Å². The summed E-state index contributed by atoms with van der Waals surface area (Å²) in [5.41, 5.74) is 1.08. The predicted molar refractivity (Wildman–Crippen MR) is 76.1 cm³/mol. The van der Waals surface area contributed by atoms with Gasteiger partial charge in [0.2, 0.25) is 0 Å². The molecule has 1 saturated heterocycles. The molecule has 4 nitrogen and oxygen atoms in total. The lowest BCUT2D eigenvalue weighted by molar-refractivity contribution is -0.137. The van der Waals surface area contributed by atoms with Gasteiger partial charge < -0.3 is 9.84 Å². The number of rotatable bonds is 4. The monoisotopic (exact) mass is 305 g/mol. The molecule has 0 spiro atoms. The van der Waals surface area contributed by atoms with E-state index in [1.54, 1.807) is 0 Å². The summed E-state index contributed by atoms with van der Waals surface area (Å²) in [5, 5.41) is 9.39. The highest BCUT2D eigenvalue weighted by atomic mass is 35.5. The van der Waals surface area contributed by atoms with Crippen molar-refractivity contribution in [3.05, 3.63) is 34.9 Å². The second-order valence-corrected chi connectivity index (χ2v) is 4.79. The fraction of sp³-hybridized carbons (Fsp3) is 0.462. The highest BCUT2D eigenvalue weighted by molar-refractivity contribution is 6.30. The Kier molecular flexibility index (Phi) is 6.58. The highest BCUT2D eigenvalue weighted by Gasteiger charge is 2.22. The number of nitrogens with zero attached hydrogens (tertiary/aromatic N) is 1. The normalized spacial score (nSPS) is 19.7. The van der Waals surface area contributed by atoms with Gasteiger partial charge in [-0.05, 0) is 17.7 Å². The van der Waals surface area contributed by atoms with Gasteiger partial charge in [0.25, 0.3) is 0 Å². The van der Waals surface area contributed by atoms with Gasteiger partial charge in [-0.15, -0.1) is 12.4 Å². The molecule has 0 amide bonds. The standard InChI is InChI=1S/C13H16ClNO3.ClH/c14-11-3-1-10(2-4-11)12-9-15(7-8-18-12)6-5-13(16)17;/h1-4,12H,5-9H2,(H,16,17);1H. The van der Waals surface area contributed by atoms with Crippen molar-refractivity contribution in [2.45, 2.75) is 12.5 Å². The zero-order valence-electron chi connectivity index (χ0n) is 10.4. The Morgan fingerprint density at radius 3 is 2.74 bits per heavy atom. The summed E-state index contributed by atoms with van der Waals surface area (Å²) in [4.78, 5) is 12.7. The number of ether oxygens (including phenoxy) is 1. The minimum Gasteiger partial charge on any atom is -0.481 e. The van der Waals surface area contributed by atoms with Crippen LogP contribution in [0.3, 0.4) is 0 Å². The maximum atomic E-state index is 10.6. The topological polar surface area (TPSA) is 49.8 Å². The second-order valence-electron chi connectivity index (χ2n) is 4.36. The molecule has 1 N–H and O–H groups in total. The van der Waals surface area contributed by atoms with Crippen LogP contribution in [0.15, 0.2) is 24.3 Å². The van der Waals surface area contributed by atoms with E-state index in [0.29, 0.717) is 18.2 Å². The van der Waals surface area contributed by atoms with Gasteiger partial charge in [0, 0.05) is 24.7 Å². The molecule has 1 aromatic rings. The zero-order chi connectivity index (χ0) is 13.0. The van der Waals surface area contributed by atoms with E-state index in [0.717, 1.165) is 18.7 Å². The van der Waals surface area contributed by atoms with E-state index in [-0.39, 0.29) is 24.9 Å². The lowest BCUT2D eigenvalue weighted by Crippen LogP contribution is -2.39. The zero-order valence-corrected chi connectivity index (χ0v) is 12.0. The number of hydrogen-bond donors (Lipinski definition) is 1. The molecular formula is C13H17Cl2NO3. The third kappa shape index (κ3) is 4.99. The third-order valence-electron chi connectivity index (χ3n) is 3.03. The maximum Gasteiger partial charge on any atom is 0.304 e. The minimum absolute atomic E-state index is 0. The number of hydrogen-bond acceptors (Lipinski definition) is 3. The van der Waals surface area contributed by atoms with Gasteiger partial charge in [-0.2, -0.15) is 0 Å². The second kappa shape index (κ2) is 7.70. The lowest BCUT2D eigenvalue weighted by Gasteiger charge is -2.32. The molecule has 1 aliphatic rings. The van der Waals surface area contributed by atoms with Crippen molar-refractivity contribution in [3.63, 3.8) is 0 Å². The van der Waals surface area contributed by atoms with Crippen molar-refractivity contribution >= 4 is 30.0 Å². The van der Waals surface area contributed by atoms with Crippen molar-refractivity contribution < 1.29 is 14.6 Å². The molecule has 0 bridgehead atoms. The Hall–Kier alpha value is -0.810. The summed E-state index contributed by atoms with van der Waals surface area (Å²) in [6, 6.07) is 7.59. The summed E-state index contributed by atoms with van der Waals surface area (Å²) in [5.74, 6) is -0.760. The SMILES string of the molecule is Cl.O=C(O)CCN1CCOC(c2ccc(Cl)cc2)C1. The average molecular weight is 306 g/mol. The molecule has 1 heterocycles. The Morgan fingerprint density at radius 2 is 2.11 bits per heavy atom. The molecule has 0 saturated carbocycles. The van der Waals surface area contributed by atoms with Crippen molar-refractivity contribution in [3.8, 4) is 0 Å². The molecule has 1 atom stereocenters. The lowest BCUT2D eigenvalue weighted by atomic mass is 10.1. The van der Waals surface area contributed by atoms with Crippen LogP contribution in [0, 0.1) is 0 Å². The summed E-state index contributed by atoms with van der Waals surface area (Å²) in [6.45, 7) is 2.72. The summed E-state index contributed by atoms with van der Waals surface area (Å²) < 4.78 is 5.71. The number of benzene rings is 1. The number of morpholine rings is 1. The molecule has 1 aromatic carbocycles. The molecule has 0 radical (unpaired) electrons. The molecule has 0 aromatic heterocycles. The van der Waals surface area contributed by atoms with Gasteiger partial charge in [-0.1, -0.05) is 23.7 Å². The smallest absolute Gasteiger partial charge is 0.304 e. The minimum atomic E-state index is -0.760. The van der Waals surface area contributed by atoms with E-state index in [9.17, 15) is 4.79 Å². The number of carboxylic acid groups (broad SMARTS) is 1. The Balaban J connectivity index is 0.00000180. The molecule has 2 rings (SSSR count). The van der Waals surface area contributed by atoms with E-state index in [1.807, 2.05) is 24.3 Å². The molecule has 19 heavy (non-hydrogen) atoms. The quantitative estimate of drug-likeness (QED) is 0.929. The van der Waals surface area contributed by atoms with Crippen LogP contribution in [0.25, 0.3) is 0 Å². The van der Waals surface area contributed by atoms with Crippen LogP contribution >= 0.6 is 24.0 Å². The first-order valence-electron chi connectivity index (χ1n) is 5.96. The number of carboxylic acids is 1. The van der Waals surface area contributed by atoms with Crippen LogP contribution in [0.5, 0.6) is 0 Å². The first kappa shape index (κ1) is 16.2. The summed E-state index contributed by atoms with van der Waals surface area (Å²) >= 11 is 5.85. The van der Waals surface area contributed by atoms with Crippen LogP contribution in [-0.2, 0) is 9.53 Å². The van der Waals surface area contributed by atoms with Gasteiger partial charge in [0.1, 0.15) is 0 Å². The van der Waals surface area contributed by atoms with Gasteiger partial charge in [-0.3, -0.25) is 9.69 Å². The van der Waals surface area contributed by atoms with E-state index in [2.05, 4.69) is 4.90 Å². The van der Waals surface area contributed by atoms with Crippen molar-refractivity contribution in [2.24, 2.45) is 0 Å². The van der Waals surface area contributed by atoms with Crippen molar-refractivity contribution in [1.82, 2.24) is 4.90 Å². The summed E-state index contributed by atoms with van der Waals surface area (Å²) in [7, 11) is 0. The van der Waals surface area contributed by atoms with Crippen LogP contribution in [0.1, 0.15) is 18.1 Å². The Bertz CT molecular complexity index is 411. The largest absolute Gasteiger partial charge is 0.481 e. The van der Waals surface area contributed by atoms with Crippen LogP contribution < -0.4 is 0 Å². The first-order chi connectivity index (χ1) is 8.65. The molecule has 6 heteroatoms. The first-order valence-corrected chi connectivity index (χ1v) is 6.34. The molecule has 1 fully saturated rings.